The summed E-state index contributed by atoms with van der Waals surface area (Å²) < 4.78 is 5.42. The van der Waals surface area contributed by atoms with E-state index in [-0.39, 0.29) is 24.0 Å². The first kappa shape index (κ1) is 23.7. The number of unbranched alkanes of at least 4 members (excludes halogenated alkanes) is 1. The molecule has 0 spiro atoms. The van der Waals surface area contributed by atoms with E-state index in [1.807, 2.05) is 12.1 Å². The molecule has 29 heavy (non-hydrogen) atoms. The lowest BCUT2D eigenvalue weighted by atomic mass is 10.0. The van der Waals surface area contributed by atoms with Crippen LogP contribution in [0.3, 0.4) is 0 Å². The zero-order chi connectivity index (χ0) is 19.4. The van der Waals surface area contributed by atoms with Crippen LogP contribution < -0.4 is 10.6 Å². The Morgan fingerprint density at radius 3 is 2.62 bits per heavy atom. The second-order valence-corrected chi connectivity index (χ2v) is 7.52. The molecule has 2 aromatic rings. The van der Waals surface area contributed by atoms with Crippen LogP contribution in [0.15, 0.2) is 58.1 Å². The molecule has 0 aliphatic carbocycles. The van der Waals surface area contributed by atoms with E-state index in [4.69, 9.17) is 9.41 Å². The molecule has 1 fully saturated rings. The third-order valence-corrected chi connectivity index (χ3v) is 5.20. The van der Waals surface area contributed by atoms with Gasteiger partial charge in [-0.1, -0.05) is 43.7 Å². The third-order valence-electron chi connectivity index (χ3n) is 5.20. The number of hydrogen-bond donors (Lipinski definition) is 2. The molecular weight excluding hydrogens is 475 g/mol. The Morgan fingerprint density at radius 2 is 1.93 bits per heavy atom. The number of likely N-dealkylation sites (tertiary alicyclic amines) is 1. The van der Waals surface area contributed by atoms with Gasteiger partial charge in [0, 0.05) is 45.2 Å². The molecule has 2 heterocycles. The number of furan rings is 1. The number of guanidine groups is 1. The minimum Gasteiger partial charge on any atom is -0.469 e. The van der Waals surface area contributed by atoms with Crippen molar-refractivity contribution in [2.24, 2.45) is 4.99 Å². The van der Waals surface area contributed by atoms with Gasteiger partial charge in [0.1, 0.15) is 5.76 Å². The summed E-state index contributed by atoms with van der Waals surface area (Å²) in [5.41, 5.74) is 1.40. The normalized spacial score (nSPS) is 15.7. The largest absolute Gasteiger partial charge is 0.469 e. The minimum atomic E-state index is 0. The second-order valence-electron chi connectivity index (χ2n) is 7.52. The van der Waals surface area contributed by atoms with Gasteiger partial charge in [-0.2, -0.15) is 0 Å². The number of nitrogens with zero attached hydrogens (tertiary/aromatic N) is 2. The van der Waals surface area contributed by atoms with Crippen molar-refractivity contribution in [2.45, 2.75) is 51.6 Å². The van der Waals surface area contributed by atoms with Crippen molar-refractivity contribution < 1.29 is 4.42 Å². The zero-order valence-electron chi connectivity index (χ0n) is 17.5. The van der Waals surface area contributed by atoms with Crippen molar-refractivity contribution in [1.29, 1.82) is 0 Å². The molecule has 1 saturated heterocycles. The van der Waals surface area contributed by atoms with Crippen molar-refractivity contribution in [2.75, 3.05) is 26.2 Å². The van der Waals surface area contributed by atoms with Gasteiger partial charge in [-0.25, -0.2) is 0 Å². The fourth-order valence-electron chi connectivity index (χ4n) is 3.53. The van der Waals surface area contributed by atoms with Crippen molar-refractivity contribution in [1.82, 2.24) is 15.5 Å². The molecule has 5 nitrogen and oxygen atoms in total. The molecule has 0 bridgehead atoms. The summed E-state index contributed by atoms with van der Waals surface area (Å²) in [6.45, 7) is 7.21. The number of hydrogen-bond acceptors (Lipinski definition) is 3. The zero-order valence-corrected chi connectivity index (χ0v) is 19.8. The second kappa shape index (κ2) is 13.6. The first-order chi connectivity index (χ1) is 13.8. The molecule has 1 aliphatic heterocycles. The average Bonchev–Trinajstić information content (AvgIpc) is 3.24. The van der Waals surface area contributed by atoms with E-state index < -0.39 is 0 Å². The molecule has 0 radical (unpaired) electrons. The molecule has 160 valence electrons. The maximum atomic E-state index is 5.42. The first-order valence-corrected chi connectivity index (χ1v) is 10.7. The van der Waals surface area contributed by atoms with Gasteiger partial charge in [-0.3, -0.25) is 9.89 Å². The smallest absolute Gasteiger partial charge is 0.191 e. The Hall–Kier alpha value is -1.54. The molecule has 0 amide bonds. The van der Waals surface area contributed by atoms with Crippen molar-refractivity contribution in [3.63, 3.8) is 0 Å². The molecule has 6 heteroatoms. The van der Waals surface area contributed by atoms with Crippen LogP contribution in [0.2, 0.25) is 0 Å². The van der Waals surface area contributed by atoms with E-state index in [0.29, 0.717) is 6.04 Å². The van der Waals surface area contributed by atoms with Crippen molar-refractivity contribution in [3.8, 4) is 0 Å². The number of piperidine rings is 1. The van der Waals surface area contributed by atoms with Crippen LogP contribution in [-0.4, -0.2) is 43.1 Å². The van der Waals surface area contributed by atoms with Crippen molar-refractivity contribution in [3.05, 3.63) is 60.1 Å². The fourth-order valence-corrected chi connectivity index (χ4v) is 3.53. The Kier molecular flexibility index (Phi) is 11.2. The number of benzene rings is 1. The summed E-state index contributed by atoms with van der Waals surface area (Å²) in [7, 11) is 0. The molecular formula is C23H35IN4O. The van der Waals surface area contributed by atoms with Crippen LogP contribution in [0.25, 0.3) is 0 Å². The number of aliphatic imine (C=N–C) groups is 1. The summed E-state index contributed by atoms with van der Waals surface area (Å²) in [5.74, 6) is 1.95. The van der Waals surface area contributed by atoms with Gasteiger partial charge in [0.2, 0.25) is 0 Å². The van der Waals surface area contributed by atoms with E-state index in [9.17, 15) is 0 Å². The van der Waals surface area contributed by atoms with Crippen LogP contribution in [-0.2, 0) is 13.0 Å². The summed E-state index contributed by atoms with van der Waals surface area (Å²) in [6.07, 6.45) is 7.20. The molecule has 1 aliphatic rings. The molecule has 1 aromatic heterocycles. The van der Waals surface area contributed by atoms with Gasteiger partial charge in [0.15, 0.2) is 5.96 Å². The summed E-state index contributed by atoms with van der Waals surface area (Å²) in [4.78, 5) is 7.31. The highest BCUT2D eigenvalue weighted by atomic mass is 127. The quantitative estimate of drug-likeness (QED) is 0.227. The van der Waals surface area contributed by atoms with E-state index in [1.54, 1.807) is 6.26 Å². The molecule has 1 aromatic carbocycles. The van der Waals surface area contributed by atoms with Gasteiger partial charge >= 0.3 is 0 Å². The maximum absolute atomic E-state index is 5.42. The molecule has 0 unspecified atom stereocenters. The molecule has 0 saturated carbocycles. The lowest BCUT2D eigenvalue weighted by Crippen LogP contribution is -2.49. The predicted molar refractivity (Wildman–Crippen MR) is 131 cm³/mol. The lowest BCUT2D eigenvalue weighted by Gasteiger charge is -2.33. The molecule has 2 N–H and O–H groups in total. The lowest BCUT2D eigenvalue weighted by molar-refractivity contribution is 0.198. The van der Waals surface area contributed by atoms with E-state index in [0.717, 1.165) is 70.1 Å². The van der Waals surface area contributed by atoms with Crippen LogP contribution >= 0.6 is 24.0 Å². The predicted octanol–water partition coefficient (Wildman–Crippen LogP) is 4.44. The highest BCUT2D eigenvalue weighted by Gasteiger charge is 2.20. The summed E-state index contributed by atoms with van der Waals surface area (Å²) in [6, 6.07) is 15.2. The van der Waals surface area contributed by atoms with E-state index in [2.05, 4.69) is 52.8 Å². The topological polar surface area (TPSA) is 52.8 Å². The monoisotopic (exact) mass is 510 g/mol. The van der Waals surface area contributed by atoms with Gasteiger partial charge in [0.05, 0.1) is 6.26 Å². The van der Waals surface area contributed by atoms with Crippen LogP contribution in [0.4, 0.5) is 0 Å². The fraction of sp³-hybridized carbons (Fsp3) is 0.522. The Morgan fingerprint density at radius 1 is 1.14 bits per heavy atom. The SMILES string of the molecule is CCCCN=C(NCCc1ccco1)NC1CCN(Cc2ccccc2)CC1.I. The minimum absolute atomic E-state index is 0. The van der Waals surface area contributed by atoms with Crippen LogP contribution in [0.1, 0.15) is 43.9 Å². The maximum Gasteiger partial charge on any atom is 0.191 e. The third kappa shape index (κ3) is 8.78. The van der Waals surface area contributed by atoms with Crippen LogP contribution in [0, 0.1) is 0 Å². The Bertz CT molecular complexity index is 682. The highest BCUT2D eigenvalue weighted by molar-refractivity contribution is 14.0. The van der Waals surface area contributed by atoms with Crippen molar-refractivity contribution >= 4 is 29.9 Å². The first-order valence-electron chi connectivity index (χ1n) is 10.7. The van der Waals surface area contributed by atoms with E-state index >= 15 is 0 Å². The molecule has 0 atom stereocenters. The van der Waals surface area contributed by atoms with Crippen LogP contribution in [0.5, 0.6) is 0 Å². The molecule has 3 rings (SSSR count). The van der Waals surface area contributed by atoms with Gasteiger partial charge in [-0.05, 0) is 37.0 Å². The van der Waals surface area contributed by atoms with E-state index in [1.165, 1.54) is 12.0 Å². The Labute approximate surface area is 192 Å². The highest BCUT2D eigenvalue weighted by Crippen LogP contribution is 2.14. The standard InChI is InChI=1S/C23H34N4O.HI/c1-2-3-14-24-23(25-15-11-22-10-7-18-28-22)26-21-12-16-27(17-13-21)19-20-8-5-4-6-9-20;/h4-10,18,21H,2-3,11-17,19H2,1H3,(H2,24,25,26);1H. The number of nitrogens with one attached hydrogen (secondary N) is 2. The van der Waals surface area contributed by atoms with Gasteiger partial charge in [0.25, 0.3) is 0 Å². The summed E-state index contributed by atoms with van der Waals surface area (Å²) in [5, 5.41) is 7.14. The number of rotatable bonds is 9. The van der Waals surface area contributed by atoms with Gasteiger partial charge < -0.3 is 15.1 Å². The van der Waals surface area contributed by atoms with Gasteiger partial charge in [-0.15, -0.1) is 24.0 Å². The summed E-state index contributed by atoms with van der Waals surface area (Å²) >= 11 is 0. The number of halogens is 1. The Balaban J connectivity index is 0.00000300. The average molecular weight is 510 g/mol.